The Morgan fingerprint density at radius 2 is 2.29 bits per heavy atom. The molecular formula is C10H12ClN3. The number of nitrogens with one attached hydrogen (secondary N) is 1. The third kappa shape index (κ3) is 1.63. The van der Waals surface area contributed by atoms with Gasteiger partial charge in [0, 0.05) is 5.02 Å². The van der Waals surface area contributed by atoms with Gasteiger partial charge in [-0.3, -0.25) is 10.4 Å². The van der Waals surface area contributed by atoms with Crippen LogP contribution in [0.2, 0.25) is 5.02 Å². The topological polar surface area (TPSA) is 41.3 Å². The Morgan fingerprint density at radius 1 is 1.50 bits per heavy atom. The molecule has 1 aromatic carbocycles. The van der Waals surface area contributed by atoms with Crippen LogP contribution in [0.15, 0.2) is 35.7 Å². The van der Waals surface area contributed by atoms with Crippen LogP contribution in [-0.2, 0) is 0 Å². The SMILES string of the molecule is CC1=C(N)NN(c2cccc(Cl)c2)C1. The Morgan fingerprint density at radius 3 is 2.86 bits per heavy atom. The van der Waals surface area contributed by atoms with Gasteiger partial charge in [0.15, 0.2) is 0 Å². The lowest BCUT2D eigenvalue weighted by Gasteiger charge is -2.19. The van der Waals surface area contributed by atoms with Crippen molar-refractivity contribution in [1.29, 1.82) is 0 Å². The number of anilines is 1. The first kappa shape index (κ1) is 9.21. The first-order valence-corrected chi connectivity index (χ1v) is 4.79. The summed E-state index contributed by atoms with van der Waals surface area (Å²) in [5, 5.41) is 2.70. The van der Waals surface area contributed by atoms with E-state index in [9.17, 15) is 0 Å². The third-order valence-corrected chi connectivity index (χ3v) is 2.47. The molecular weight excluding hydrogens is 198 g/mol. The monoisotopic (exact) mass is 209 g/mol. The first-order valence-electron chi connectivity index (χ1n) is 4.42. The van der Waals surface area contributed by atoms with Gasteiger partial charge in [-0.1, -0.05) is 17.7 Å². The van der Waals surface area contributed by atoms with Crippen molar-refractivity contribution < 1.29 is 0 Å². The summed E-state index contributed by atoms with van der Waals surface area (Å²) in [6.07, 6.45) is 0. The van der Waals surface area contributed by atoms with Crippen molar-refractivity contribution in [2.75, 3.05) is 11.6 Å². The van der Waals surface area contributed by atoms with Crippen LogP contribution in [0.1, 0.15) is 6.92 Å². The van der Waals surface area contributed by atoms with Gasteiger partial charge in [0.25, 0.3) is 0 Å². The maximum Gasteiger partial charge on any atom is 0.116 e. The summed E-state index contributed by atoms with van der Waals surface area (Å²) < 4.78 is 0. The van der Waals surface area contributed by atoms with Gasteiger partial charge < -0.3 is 5.73 Å². The van der Waals surface area contributed by atoms with E-state index in [4.69, 9.17) is 17.3 Å². The molecule has 1 aliphatic rings. The average Bonchev–Trinajstić information content (AvgIpc) is 2.47. The minimum Gasteiger partial charge on any atom is -0.384 e. The second kappa shape index (κ2) is 3.42. The van der Waals surface area contributed by atoms with Gasteiger partial charge in [0.1, 0.15) is 5.82 Å². The van der Waals surface area contributed by atoms with E-state index in [1.54, 1.807) is 0 Å². The van der Waals surface area contributed by atoms with Crippen LogP contribution in [0.5, 0.6) is 0 Å². The van der Waals surface area contributed by atoms with Crippen molar-refractivity contribution in [2.45, 2.75) is 6.92 Å². The van der Waals surface area contributed by atoms with E-state index in [0.717, 1.165) is 28.6 Å². The van der Waals surface area contributed by atoms with E-state index in [1.807, 2.05) is 36.2 Å². The Bertz CT molecular complexity index is 373. The largest absolute Gasteiger partial charge is 0.384 e. The number of hydrogen-bond donors (Lipinski definition) is 2. The Kier molecular flexibility index (Phi) is 2.25. The summed E-state index contributed by atoms with van der Waals surface area (Å²) in [5.41, 5.74) is 11.0. The molecule has 3 N–H and O–H groups in total. The molecule has 0 aliphatic carbocycles. The third-order valence-electron chi connectivity index (χ3n) is 2.23. The molecule has 0 spiro atoms. The van der Waals surface area contributed by atoms with Crippen molar-refractivity contribution >= 4 is 17.3 Å². The van der Waals surface area contributed by atoms with Gasteiger partial charge in [-0.2, -0.15) is 0 Å². The van der Waals surface area contributed by atoms with Gasteiger partial charge in [0.05, 0.1) is 12.2 Å². The summed E-state index contributed by atoms with van der Waals surface area (Å²) in [6, 6.07) is 7.67. The summed E-state index contributed by atoms with van der Waals surface area (Å²) in [6.45, 7) is 2.80. The number of nitrogens with two attached hydrogens (primary N) is 1. The minimum absolute atomic E-state index is 0.727. The molecule has 1 heterocycles. The molecule has 1 aliphatic heterocycles. The molecule has 0 aromatic heterocycles. The fraction of sp³-hybridized carbons (Fsp3) is 0.200. The van der Waals surface area contributed by atoms with E-state index >= 15 is 0 Å². The molecule has 74 valence electrons. The molecule has 0 bridgehead atoms. The molecule has 0 saturated heterocycles. The number of hydrogen-bond acceptors (Lipinski definition) is 3. The lowest BCUT2D eigenvalue weighted by Crippen LogP contribution is -2.33. The Hall–Kier alpha value is -1.35. The molecule has 14 heavy (non-hydrogen) atoms. The summed E-state index contributed by atoms with van der Waals surface area (Å²) >= 11 is 5.90. The normalized spacial score (nSPS) is 16.0. The van der Waals surface area contributed by atoms with Gasteiger partial charge in [0.2, 0.25) is 0 Å². The van der Waals surface area contributed by atoms with Crippen LogP contribution in [0.25, 0.3) is 0 Å². The molecule has 0 amide bonds. The highest BCUT2D eigenvalue weighted by Crippen LogP contribution is 2.21. The predicted molar refractivity (Wildman–Crippen MR) is 58.8 cm³/mol. The van der Waals surface area contributed by atoms with Crippen LogP contribution in [0.4, 0.5) is 5.69 Å². The quantitative estimate of drug-likeness (QED) is 0.742. The number of halogens is 1. The van der Waals surface area contributed by atoms with Crippen LogP contribution in [0.3, 0.4) is 0 Å². The fourth-order valence-corrected chi connectivity index (χ4v) is 1.59. The number of hydrazine groups is 1. The lowest BCUT2D eigenvalue weighted by atomic mass is 10.3. The smallest absolute Gasteiger partial charge is 0.116 e. The summed E-state index contributed by atoms with van der Waals surface area (Å²) in [4.78, 5) is 0. The molecule has 2 rings (SSSR count). The number of rotatable bonds is 1. The highest BCUT2D eigenvalue weighted by molar-refractivity contribution is 6.30. The van der Waals surface area contributed by atoms with Crippen LogP contribution in [-0.4, -0.2) is 6.54 Å². The van der Waals surface area contributed by atoms with E-state index in [-0.39, 0.29) is 0 Å². The standard InChI is InChI=1S/C10H12ClN3/c1-7-6-14(13-10(7)12)9-4-2-3-8(11)5-9/h2-5,13H,6,12H2,1H3. The maximum atomic E-state index is 5.90. The second-order valence-corrected chi connectivity index (χ2v) is 3.81. The van der Waals surface area contributed by atoms with E-state index in [0.29, 0.717) is 0 Å². The maximum absolute atomic E-state index is 5.90. The van der Waals surface area contributed by atoms with Crippen molar-refractivity contribution in [3.05, 3.63) is 40.7 Å². The number of benzene rings is 1. The molecule has 3 nitrogen and oxygen atoms in total. The zero-order valence-electron chi connectivity index (χ0n) is 7.92. The molecule has 1 aromatic rings. The minimum atomic E-state index is 0.727. The molecule has 4 heteroatoms. The zero-order chi connectivity index (χ0) is 10.1. The summed E-state index contributed by atoms with van der Waals surface area (Å²) in [5.74, 6) is 0.727. The van der Waals surface area contributed by atoms with Crippen LogP contribution in [0, 0.1) is 0 Å². The van der Waals surface area contributed by atoms with Crippen molar-refractivity contribution in [3.63, 3.8) is 0 Å². The molecule has 0 radical (unpaired) electrons. The zero-order valence-corrected chi connectivity index (χ0v) is 8.67. The molecule has 0 unspecified atom stereocenters. The fourth-order valence-electron chi connectivity index (χ4n) is 1.40. The van der Waals surface area contributed by atoms with E-state index in [1.165, 1.54) is 0 Å². The lowest BCUT2D eigenvalue weighted by molar-refractivity contribution is 0.796. The molecule has 0 atom stereocenters. The van der Waals surface area contributed by atoms with Gasteiger partial charge >= 0.3 is 0 Å². The highest BCUT2D eigenvalue weighted by Gasteiger charge is 2.16. The predicted octanol–water partition coefficient (Wildman–Crippen LogP) is 1.85. The Labute approximate surface area is 88.1 Å². The second-order valence-electron chi connectivity index (χ2n) is 3.37. The average molecular weight is 210 g/mol. The van der Waals surface area contributed by atoms with Crippen molar-refractivity contribution in [2.24, 2.45) is 5.73 Å². The summed E-state index contributed by atoms with van der Waals surface area (Å²) in [7, 11) is 0. The number of nitrogens with zero attached hydrogens (tertiary/aromatic N) is 1. The molecule has 0 fully saturated rings. The van der Waals surface area contributed by atoms with Gasteiger partial charge in [-0.05, 0) is 30.7 Å². The first-order chi connectivity index (χ1) is 6.66. The highest BCUT2D eigenvalue weighted by atomic mass is 35.5. The van der Waals surface area contributed by atoms with Crippen molar-refractivity contribution in [3.8, 4) is 0 Å². The van der Waals surface area contributed by atoms with Crippen molar-refractivity contribution in [1.82, 2.24) is 5.43 Å². The van der Waals surface area contributed by atoms with E-state index < -0.39 is 0 Å². The Balaban J connectivity index is 2.20. The van der Waals surface area contributed by atoms with E-state index in [2.05, 4.69) is 5.43 Å². The van der Waals surface area contributed by atoms with Gasteiger partial charge in [-0.25, -0.2) is 0 Å². The van der Waals surface area contributed by atoms with Gasteiger partial charge in [-0.15, -0.1) is 0 Å². The van der Waals surface area contributed by atoms with Crippen LogP contribution < -0.4 is 16.2 Å². The van der Waals surface area contributed by atoms with Crippen LogP contribution >= 0.6 is 11.6 Å². The molecule has 0 saturated carbocycles.